The van der Waals surface area contributed by atoms with Crippen LogP contribution >= 0.6 is 0 Å². The van der Waals surface area contributed by atoms with E-state index < -0.39 is 5.97 Å². The van der Waals surface area contributed by atoms with Gasteiger partial charge in [0.15, 0.2) is 0 Å². The molecule has 0 aliphatic carbocycles. The van der Waals surface area contributed by atoms with E-state index in [-0.39, 0.29) is 17.1 Å². The number of hydrogen-bond donors (Lipinski definition) is 1. The van der Waals surface area contributed by atoms with Crippen LogP contribution in [0.2, 0.25) is 0 Å². The summed E-state index contributed by atoms with van der Waals surface area (Å²) in [5.74, 6) is -0.879. The van der Waals surface area contributed by atoms with Crippen LogP contribution in [0.4, 0.5) is 0 Å². The molecule has 0 amide bonds. The molecule has 0 saturated carbocycles. The molecule has 0 spiro atoms. The molecule has 2 nitrogen and oxygen atoms in total. The zero-order valence-corrected chi connectivity index (χ0v) is 10.3. The van der Waals surface area contributed by atoms with Crippen LogP contribution in [0.15, 0.2) is 66.7 Å². The second-order valence-electron chi connectivity index (χ2n) is 2.83. The van der Waals surface area contributed by atoms with Gasteiger partial charge in [-0.25, -0.2) is 4.79 Å². The van der Waals surface area contributed by atoms with E-state index in [2.05, 4.69) is 0 Å². The van der Waals surface area contributed by atoms with Gasteiger partial charge < -0.3 is 5.11 Å². The molecule has 0 aliphatic rings. The van der Waals surface area contributed by atoms with Gasteiger partial charge in [0.25, 0.3) is 0 Å². The van der Waals surface area contributed by atoms with Gasteiger partial charge in [-0.2, -0.15) is 0 Å². The Morgan fingerprint density at radius 1 is 0.750 bits per heavy atom. The molecule has 1 N–H and O–H groups in total. The van der Waals surface area contributed by atoms with Crippen molar-refractivity contribution in [3.8, 4) is 0 Å². The smallest absolute Gasteiger partial charge is 0.335 e. The zero-order valence-electron chi connectivity index (χ0n) is 8.61. The molecule has 82 valence electrons. The Balaban J connectivity index is 0.000000283. The Morgan fingerprint density at radius 2 is 1.06 bits per heavy atom. The molecule has 2 aromatic rings. The Morgan fingerprint density at radius 3 is 1.31 bits per heavy atom. The SMILES string of the molecule is O=C(O)c1ccccc1.[Se].c1ccccc1. The number of carboxylic acid groups (broad SMARTS) is 1. The van der Waals surface area contributed by atoms with Gasteiger partial charge in [-0.3, -0.25) is 0 Å². The maximum atomic E-state index is 10.2. The molecule has 0 fully saturated rings. The van der Waals surface area contributed by atoms with E-state index >= 15 is 0 Å². The summed E-state index contributed by atoms with van der Waals surface area (Å²) in [6, 6.07) is 20.3. The number of hydrogen-bond acceptors (Lipinski definition) is 1. The second-order valence-corrected chi connectivity index (χ2v) is 2.83. The number of aromatic carboxylic acids is 1. The molecule has 0 aliphatic heterocycles. The fourth-order valence-electron chi connectivity index (χ4n) is 0.966. The summed E-state index contributed by atoms with van der Waals surface area (Å²) in [6.07, 6.45) is 0. The van der Waals surface area contributed by atoms with Gasteiger partial charge in [-0.15, -0.1) is 0 Å². The molecule has 16 heavy (non-hydrogen) atoms. The Kier molecular flexibility index (Phi) is 7.86. The molecule has 0 heterocycles. The number of rotatable bonds is 1. The summed E-state index contributed by atoms with van der Waals surface area (Å²) in [5, 5.41) is 8.38. The summed E-state index contributed by atoms with van der Waals surface area (Å²) in [7, 11) is 0. The Bertz CT molecular complexity index is 360. The second kappa shape index (κ2) is 8.71. The van der Waals surface area contributed by atoms with Gasteiger partial charge in [-0.05, 0) is 12.1 Å². The van der Waals surface area contributed by atoms with Crippen molar-refractivity contribution in [2.75, 3.05) is 0 Å². The van der Waals surface area contributed by atoms with Gasteiger partial charge in [0.1, 0.15) is 0 Å². The molecular formula is C13H12O2Se. The van der Waals surface area contributed by atoms with Crippen LogP contribution in [0.3, 0.4) is 0 Å². The fraction of sp³-hybridized carbons (Fsp3) is 0. The molecule has 0 aromatic heterocycles. The van der Waals surface area contributed by atoms with E-state index in [1.807, 2.05) is 36.4 Å². The predicted octanol–water partition coefficient (Wildman–Crippen LogP) is 2.69. The first-order valence-corrected chi connectivity index (χ1v) is 4.59. The molecule has 2 rings (SSSR count). The van der Waals surface area contributed by atoms with Gasteiger partial charge in [0.2, 0.25) is 0 Å². The molecule has 3 heteroatoms. The van der Waals surface area contributed by atoms with Crippen molar-refractivity contribution in [1.82, 2.24) is 0 Å². The predicted molar refractivity (Wildman–Crippen MR) is 65.6 cm³/mol. The Hall–Kier alpha value is -1.57. The van der Waals surface area contributed by atoms with Crippen molar-refractivity contribution < 1.29 is 9.90 Å². The third-order valence-electron chi connectivity index (χ3n) is 1.69. The average Bonchev–Trinajstić information content (AvgIpc) is 2.33. The average molecular weight is 279 g/mol. The Labute approximate surface area is 105 Å². The third kappa shape index (κ3) is 6.02. The normalized spacial score (nSPS) is 8.00. The standard InChI is InChI=1S/C7H6O2.C6H6.Se/c8-7(9)6-4-2-1-3-5-6;1-2-4-6-5-3-1;/h1-5H,(H,8,9);1-6H;. The van der Waals surface area contributed by atoms with E-state index in [9.17, 15) is 4.79 Å². The molecular weight excluding hydrogens is 267 g/mol. The topological polar surface area (TPSA) is 37.3 Å². The van der Waals surface area contributed by atoms with E-state index in [1.54, 1.807) is 30.3 Å². The molecule has 0 saturated heterocycles. The molecule has 0 unspecified atom stereocenters. The monoisotopic (exact) mass is 280 g/mol. The van der Waals surface area contributed by atoms with Crippen LogP contribution in [0.1, 0.15) is 10.4 Å². The van der Waals surface area contributed by atoms with Gasteiger partial charge in [-0.1, -0.05) is 54.6 Å². The van der Waals surface area contributed by atoms with Crippen molar-refractivity contribution in [3.63, 3.8) is 0 Å². The first-order chi connectivity index (χ1) is 7.30. The minimum atomic E-state index is -0.879. The summed E-state index contributed by atoms with van der Waals surface area (Å²) in [6.45, 7) is 0. The van der Waals surface area contributed by atoms with Gasteiger partial charge in [0, 0.05) is 17.1 Å². The summed E-state index contributed by atoms with van der Waals surface area (Å²) >= 11 is 0. The van der Waals surface area contributed by atoms with Crippen molar-refractivity contribution in [3.05, 3.63) is 72.3 Å². The van der Waals surface area contributed by atoms with Crippen LogP contribution in [-0.4, -0.2) is 28.1 Å². The van der Waals surface area contributed by atoms with Crippen LogP contribution in [0, 0.1) is 0 Å². The van der Waals surface area contributed by atoms with Crippen LogP contribution < -0.4 is 0 Å². The van der Waals surface area contributed by atoms with Crippen LogP contribution in [0.5, 0.6) is 0 Å². The summed E-state index contributed by atoms with van der Waals surface area (Å²) in [5.41, 5.74) is 0.331. The van der Waals surface area contributed by atoms with Crippen molar-refractivity contribution in [2.45, 2.75) is 0 Å². The number of benzene rings is 2. The number of carbonyl (C=O) groups is 1. The fourth-order valence-corrected chi connectivity index (χ4v) is 0.966. The summed E-state index contributed by atoms with van der Waals surface area (Å²) in [4.78, 5) is 10.2. The van der Waals surface area contributed by atoms with E-state index in [0.29, 0.717) is 5.56 Å². The van der Waals surface area contributed by atoms with E-state index in [0.717, 1.165) is 0 Å². The van der Waals surface area contributed by atoms with Crippen LogP contribution in [-0.2, 0) is 0 Å². The van der Waals surface area contributed by atoms with E-state index in [1.165, 1.54) is 0 Å². The van der Waals surface area contributed by atoms with Crippen molar-refractivity contribution in [1.29, 1.82) is 0 Å². The molecule has 2 aromatic carbocycles. The van der Waals surface area contributed by atoms with Gasteiger partial charge in [0.05, 0.1) is 5.56 Å². The minimum absolute atomic E-state index is 0. The minimum Gasteiger partial charge on any atom is -0.478 e. The quantitative estimate of drug-likeness (QED) is 0.815. The van der Waals surface area contributed by atoms with Crippen molar-refractivity contribution >= 4 is 23.0 Å². The number of carboxylic acids is 1. The van der Waals surface area contributed by atoms with Crippen molar-refractivity contribution in [2.24, 2.45) is 0 Å². The molecule has 0 bridgehead atoms. The first kappa shape index (κ1) is 14.4. The first-order valence-electron chi connectivity index (χ1n) is 4.59. The largest absolute Gasteiger partial charge is 0.478 e. The van der Waals surface area contributed by atoms with E-state index in [4.69, 9.17) is 5.11 Å². The molecule has 2 radical (unpaired) electrons. The summed E-state index contributed by atoms with van der Waals surface area (Å²) < 4.78 is 0. The third-order valence-corrected chi connectivity index (χ3v) is 1.69. The van der Waals surface area contributed by atoms with Gasteiger partial charge >= 0.3 is 5.97 Å². The van der Waals surface area contributed by atoms with Crippen LogP contribution in [0.25, 0.3) is 0 Å². The zero-order chi connectivity index (χ0) is 10.9. The maximum Gasteiger partial charge on any atom is 0.335 e. The molecule has 0 atom stereocenters. The maximum absolute atomic E-state index is 10.2.